The Bertz CT molecular complexity index is 187. The van der Waals surface area contributed by atoms with E-state index < -0.39 is 10.3 Å². The summed E-state index contributed by atoms with van der Waals surface area (Å²) in [5, 5.41) is 0. The number of unbranched alkanes of at least 4 members (excludes halogenated alkanes) is 12. The molecule has 0 aromatic rings. The van der Waals surface area contributed by atoms with E-state index in [1.807, 2.05) is 0 Å². The van der Waals surface area contributed by atoms with Crippen LogP contribution in [0.25, 0.3) is 0 Å². The van der Waals surface area contributed by atoms with Crippen molar-refractivity contribution < 1.29 is 0 Å². The Balaban J connectivity index is 3.35. The molecular formula is C18H38I2Te. The van der Waals surface area contributed by atoms with Crippen LogP contribution in [0.3, 0.4) is 0 Å². The average Bonchev–Trinajstić information content (AvgIpc) is 2.45. The first-order valence-electron chi connectivity index (χ1n) is 9.30. The van der Waals surface area contributed by atoms with E-state index in [1.54, 1.807) is 8.94 Å². The molecule has 0 fully saturated rings. The third-order valence-corrected chi connectivity index (χ3v) is 21.0. The van der Waals surface area contributed by atoms with Crippen LogP contribution in [-0.2, 0) is 0 Å². The van der Waals surface area contributed by atoms with Gasteiger partial charge in [0.1, 0.15) is 0 Å². The number of rotatable bonds is 16. The molecule has 0 radical (unpaired) electrons. The van der Waals surface area contributed by atoms with Gasteiger partial charge in [0.2, 0.25) is 0 Å². The van der Waals surface area contributed by atoms with Gasteiger partial charge in [-0.1, -0.05) is 0 Å². The third kappa shape index (κ3) is 18.4. The van der Waals surface area contributed by atoms with E-state index in [2.05, 4.69) is 51.2 Å². The summed E-state index contributed by atoms with van der Waals surface area (Å²) >= 11 is 5.80. The molecule has 0 atom stereocenters. The van der Waals surface area contributed by atoms with Crippen molar-refractivity contribution in [3.8, 4) is 0 Å². The molecule has 0 nitrogen and oxygen atoms in total. The summed E-state index contributed by atoms with van der Waals surface area (Å²) in [5.41, 5.74) is 0. The Morgan fingerprint density at radius 2 is 0.762 bits per heavy atom. The Hall–Kier alpha value is 2.25. The van der Waals surface area contributed by atoms with Gasteiger partial charge in [0, 0.05) is 0 Å². The van der Waals surface area contributed by atoms with Gasteiger partial charge in [0.15, 0.2) is 0 Å². The molecule has 130 valence electrons. The third-order valence-electron chi connectivity index (χ3n) is 4.09. The molecule has 0 aliphatic carbocycles. The van der Waals surface area contributed by atoms with E-state index in [1.165, 1.54) is 89.9 Å². The van der Waals surface area contributed by atoms with Crippen molar-refractivity contribution in [3.05, 3.63) is 0 Å². The molecule has 0 aliphatic heterocycles. The first-order chi connectivity index (χ1) is 10.1. The Morgan fingerprint density at radius 1 is 0.476 bits per heavy atom. The van der Waals surface area contributed by atoms with E-state index in [4.69, 9.17) is 0 Å². The van der Waals surface area contributed by atoms with Crippen LogP contribution in [0.4, 0.5) is 0 Å². The molecular weight excluding hydrogens is 598 g/mol. The maximum absolute atomic E-state index is 2.90. The minimum atomic E-state index is -1.45. The molecule has 0 heterocycles. The fourth-order valence-corrected chi connectivity index (χ4v) is 15.2. The van der Waals surface area contributed by atoms with Crippen LogP contribution in [0, 0.1) is 0 Å². The quantitative estimate of drug-likeness (QED) is 0.0904. The summed E-state index contributed by atoms with van der Waals surface area (Å²) in [6.07, 6.45) is 20.6. The number of hydrogen-bond donors (Lipinski definition) is 0. The summed E-state index contributed by atoms with van der Waals surface area (Å²) < 4.78 is 3.21. The van der Waals surface area contributed by atoms with Crippen LogP contribution in [0.2, 0.25) is 8.94 Å². The monoisotopic (exact) mass is 638 g/mol. The summed E-state index contributed by atoms with van der Waals surface area (Å²) in [6, 6.07) is 0. The van der Waals surface area contributed by atoms with Gasteiger partial charge in [-0.15, -0.1) is 0 Å². The number of hydrogen-bond acceptors (Lipinski definition) is 0. The van der Waals surface area contributed by atoms with Gasteiger partial charge in [-0.25, -0.2) is 0 Å². The first-order valence-corrected chi connectivity index (χ1v) is 26.2. The minimum absolute atomic E-state index is 1.37. The van der Waals surface area contributed by atoms with Crippen LogP contribution in [0.5, 0.6) is 0 Å². The predicted octanol–water partition coefficient (Wildman–Crippen LogP) is 8.80. The van der Waals surface area contributed by atoms with Gasteiger partial charge < -0.3 is 0 Å². The van der Waals surface area contributed by atoms with E-state index in [0.717, 1.165) is 0 Å². The maximum atomic E-state index is 2.90. The summed E-state index contributed by atoms with van der Waals surface area (Å²) in [7, 11) is -1.45. The predicted molar refractivity (Wildman–Crippen MR) is 119 cm³/mol. The van der Waals surface area contributed by atoms with Crippen molar-refractivity contribution in [2.24, 2.45) is 0 Å². The topological polar surface area (TPSA) is 0 Å². The second-order valence-electron chi connectivity index (χ2n) is 6.35. The van der Waals surface area contributed by atoms with Crippen LogP contribution in [0.1, 0.15) is 104 Å². The Kier molecular flexibility index (Phi) is 18.9. The zero-order chi connectivity index (χ0) is 15.8. The molecule has 21 heavy (non-hydrogen) atoms. The molecule has 0 rings (SSSR count). The molecule has 0 aromatic heterocycles. The van der Waals surface area contributed by atoms with E-state index >= 15 is 0 Å². The van der Waals surface area contributed by atoms with E-state index in [9.17, 15) is 0 Å². The van der Waals surface area contributed by atoms with E-state index in [0.29, 0.717) is 0 Å². The molecule has 0 spiro atoms. The normalized spacial score (nSPS) is 12.8. The van der Waals surface area contributed by atoms with Gasteiger partial charge in [0.05, 0.1) is 0 Å². The molecule has 3 heteroatoms. The standard InChI is InChI=1S/C18H38I2Te/c1-3-5-7-9-11-13-15-17-21(19,20)18-16-14-12-10-8-6-4-2/h3-18H2,1-2H3. The second-order valence-corrected chi connectivity index (χ2v) is 46.6. The van der Waals surface area contributed by atoms with Crippen molar-refractivity contribution in [2.45, 2.75) is 113 Å². The van der Waals surface area contributed by atoms with Gasteiger partial charge in [-0.3, -0.25) is 0 Å². The molecule has 0 saturated carbocycles. The fraction of sp³-hybridized carbons (Fsp3) is 1.00. The van der Waals surface area contributed by atoms with Crippen LogP contribution < -0.4 is 0 Å². The van der Waals surface area contributed by atoms with Gasteiger partial charge in [0.25, 0.3) is 0 Å². The molecule has 0 N–H and O–H groups in total. The van der Waals surface area contributed by atoms with Crippen molar-refractivity contribution in [1.82, 2.24) is 0 Å². The average molecular weight is 636 g/mol. The SMILES string of the molecule is CCCCCCCCC[Te](I)(I)CCCCCCCCC. The molecule has 0 aliphatic rings. The van der Waals surface area contributed by atoms with Crippen LogP contribution in [-0.4, -0.2) is 10.3 Å². The first kappa shape index (κ1) is 23.2. The fourth-order valence-electron chi connectivity index (χ4n) is 2.64. The Labute approximate surface area is 158 Å². The zero-order valence-electron chi connectivity index (χ0n) is 14.5. The Morgan fingerprint density at radius 3 is 1.10 bits per heavy atom. The second kappa shape index (κ2) is 17.1. The zero-order valence-corrected chi connectivity index (χ0v) is 21.1. The molecule has 0 saturated heterocycles. The van der Waals surface area contributed by atoms with Crippen molar-refractivity contribution in [3.63, 3.8) is 0 Å². The van der Waals surface area contributed by atoms with Crippen molar-refractivity contribution in [1.29, 1.82) is 0 Å². The molecule has 0 amide bonds. The van der Waals surface area contributed by atoms with Crippen molar-refractivity contribution >= 4 is 47.7 Å². The molecule has 0 aromatic carbocycles. The summed E-state index contributed by atoms with van der Waals surface area (Å²) in [6.45, 7) is 4.61. The molecule has 0 bridgehead atoms. The van der Waals surface area contributed by atoms with Crippen LogP contribution in [0.15, 0.2) is 0 Å². The van der Waals surface area contributed by atoms with Crippen LogP contribution >= 0.6 is 37.4 Å². The van der Waals surface area contributed by atoms with Gasteiger partial charge in [-0.05, 0) is 0 Å². The van der Waals surface area contributed by atoms with Gasteiger partial charge >= 0.3 is 160 Å². The summed E-state index contributed by atoms with van der Waals surface area (Å²) in [4.78, 5) is 0. The molecule has 0 unspecified atom stereocenters. The summed E-state index contributed by atoms with van der Waals surface area (Å²) in [5.74, 6) is 0. The van der Waals surface area contributed by atoms with Crippen molar-refractivity contribution in [2.75, 3.05) is 0 Å². The van der Waals surface area contributed by atoms with E-state index in [-0.39, 0.29) is 0 Å². The van der Waals surface area contributed by atoms with Gasteiger partial charge in [-0.2, -0.15) is 0 Å². The number of halogens is 2.